The number of aromatic nitrogens is 1. The van der Waals surface area contributed by atoms with E-state index in [1.807, 2.05) is 12.3 Å². The van der Waals surface area contributed by atoms with Crippen molar-refractivity contribution in [1.82, 2.24) is 9.88 Å². The Hall–Kier alpha value is -1.09. The number of ether oxygens (including phenoxy) is 1. The van der Waals surface area contributed by atoms with Gasteiger partial charge in [0.25, 0.3) is 0 Å². The number of nitrogens with zero attached hydrogens (tertiary/aromatic N) is 2. The molecule has 0 radical (unpaired) electrons. The van der Waals surface area contributed by atoms with Gasteiger partial charge in [0.2, 0.25) is 0 Å². The fraction of sp³-hybridized carbons (Fsp3) is 0.643. The average molecular weight is 234 g/mol. The van der Waals surface area contributed by atoms with Gasteiger partial charge < -0.3 is 9.64 Å². The van der Waals surface area contributed by atoms with Crippen LogP contribution in [0.3, 0.4) is 0 Å². The molecule has 1 aromatic rings. The van der Waals surface area contributed by atoms with Crippen molar-refractivity contribution in [3.63, 3.8) is 0 Å². The average Bonchev–Trinajstić information content (AvgIpc) is 2.29. The van der Waals surface area contributed by atoms with Gasteiger partial charge in [-0.15, -0.1) is 0 Å². The molecule has 0 aliphatic carbocycles. The fourth-order valence-electron chi connectivity index (χ4n) is 2.30. The van der Waals surface area contributed by atoms with Crippen molar-refractivity contribution in [2.24, 2.45) is 0 Å². The largest absolute Gasteiger partial charge is 0.491 e. The van der Waals surface area contributed by atoms with Gasteiger partial charge in [0, 0.05) is 23.9 Å². The van der Waals surface area contributed by atoms with Gasteiger partial charge in [-0.3, -0.25) is 4.98 Å². The number of pyridine rings is 1. The molecule has 1 aliphatic heterocycles. The third kappa shape index (κ3) is 3.43. The third-order valence-corrected chi connectivity index (χ3v) is 3.26. The summed E-state index contributed by atoms with van der Waals surface area (Å²) in [6.07, 6.45) is 4.50. The van der Waals surface area contributed by atoms with Crippen molar-refractivity contribution < 1.29 is 4.74 Å². The van der Waals surface area contributed by atoms with Crippen molar-refractivity contribution in [3.05, 3.63) is 24.0 Å². The van der Waals surface area contributed by atoms with E-state index in [2.05, 4.69) is 36.8 Å². The maximum Gasteiger partial charge on any atom is 0.123 e. The van der Waals surface area contributed by atoms with Crippen LogP contribution in [0.1, 0.15) is 38.3 Å². The maximum absolute atomic E-state index is 5.72. The van der Waals surface area contributed by atoms with Crippen molar-refractivity contribution in [2.75, 3.05) is 20.1 Å². The van der Waals surface area contributed by atoms with Gasteiger partial charge in [-0.2, -0.15) is 0 Å². The number of rotatable bonds is 3. The standard InChI is InChI=1S/C14H22N2O/c1-11(2)17-13-4-7-15-14(10-13)12-5-8-16(3)9-6-12/h4,7,10-12H,5-6,8-9H2,1-3H3. The van der Waals surface area contributed by atoms with Crippen molar-refractivity contribution in [1.29, 1.82) is 0 Å². The highest BCUT2D eigenvalue weighted by Gasteiger charge is 2.19. The first-order valence-corrected chi connectivity index (χ1v) is 6.46. The van der Waals surface area contributed by atoms with E-state index in [0.717, 1.165) is 5.75 Å². The Morgan fingerprint density at radius 1 is 1.35 bits per heavy atom. The van der Waals surface area contributed by atoms with Crippen LogP contribution >= 0.6 is 0 Å². The first-order chi connectivity index (χ1) is 8.15. The minimum atomic E-state index is 0.225. The first kappa shape index (κ1) is 12.4. The summed E-state index contributed by atoms with van der Waals surface area (Å²) in [5, 5.41) is 0. The van der Waals surface area contributed by atoms with E-state index in [1.165, 1.54) is 31.6 Å². The molecule has 3 heteroatoms. The van der Waals surface area contributed by atoms with Crippen LogP contribution < -0.4 is 4.74 Å². The van der Waals surface area contributed by atoms with Crippen LogP contribution in [0.15, 0.2) is 18.3 Å². The smallest absolute Gasteiger partial charge is 0.123 e. The van der Waals surface area contributed by atoms with Gasteiger partial charge in [0.05, 0.1) is 6.10 Å². The molecule has 0 unspecified atom stereocenters. The summed E-state index contributed by atoms with van der Waals surface area (Å²) in [5.41, 5.74) is 1.19. The molecule has 0 spiro atoms. The molecule has 2 heterocycles. The SMILES string of the molecule is CC(C)Oc1ccnc(C2CCN(C)CC2)c1. The van der Waals surface area contributed by atoms with E-state index >= 15 is 0 Å². The molecule has 17 heavy (non-hydrogen) atoms. The highest BCUT2D eigenvalue weighted by molar-refractivity contribution is 5.25. The highest BCUT2D eigenvalue weighted by Crippen LogP contribution is 2.28. The van der Waals surface area contributed by atoms with Crippen molar-refractivity contribution in [3.8, 4) is 5.75 Å². The van der Waals surface area contributed by atoms with Crippen LogP contribution in [-0.2, 0) is 0 Å². The fourth-order valence-corrected chi connectivity index (χ4v) is 2.30. The summed E-state index contributed by atoms with van der Waals surface area (Å²) < 4.78 is 5.72. The molecule has 0 bridgehead atoms. The highest BCUT2D eigenvalue weighted by atomic mass is 16.5. The topological polar surface area (TPSA) is 25.4 Å². The molecule has 0 atom stereocenters. The monoisotopic (exact) mass is 234 g/mol. The van der Waals surface area contributed by atoms with Crippen LogP contribution in [0.25, 0.3) is 0 Å². The van der Waals surface area contributed by atoms with Crippen LogP contribution in [0.5, 0.6) is 5.75 Å². The van der Waals surface area contributed by atoms with Gasteiger partial charge in [-0.25, -0.2) is 0 Å². The lowest BCUT2D eigenvalue weighted by atomic mass is 9.93. The molecule has 3 nitrogen and oxygen atoms in total. The molecule has 0 amide bonds. The van der Waals surface area contributed by atoms with Gasteiger partial charge in [-0.1, -0.05) is 0 Å². The molecule has 1 aromatic heterocycles. The molecule has 1 saturated heterocycles. The second kappa shape index (κ2) is 5.50. The number of likely N-dealkylation sites (tertiary alicyclic amines) is 1. The minimum Gasteiger partial charge on any atom is -0.491 e. The minimum absolute atomic E-state index is 0.225. The Balaban J connectivity index is 2.05. The Kier molecular flexibility index (Phi) is 4.00. The summed E-state index contributed by atoms with van der Waals surface area (Å²) in [6.45, 7) is 6.44. The number of hydrogen-bond donors (Lipinski definition) is 0. The molecule has 0 aromatic carbocycles. The van der Waals surface area contributed by atoms with Gasteiger partial charge in [0.1, 0.15) is 5.75 Å². The van der Waals surface area contributed by atoms with Crippen LogP contribution in [0.4, 0.5) is 0 Å². The lowest BCUT2D eigenvalue weighted by Crippen LogP contribution is -2.29. The lowest BCUT2D eigenvalue weighted by molar-refractivity contribution is 0.239. The zero-order valence-electron chi connectivity index (χ0n) is 11.0. The summed E-state index contributed by atoms with van der Waals surface area (Å²) >= 11 is 0. The van der Waals surface area contributed by atoms with Crippen molar-refractivity contribution in [2.45, 2.75) is 38.7 Å². The Morgan fingerprint density at radius 2 is 2.06 bits per heavy atom. The molecule has 0 saturated carbocycles. The van der Waals surface area contributed by atoms with Gasteiger partial charge >= 0.3 is 0 Å². The van der Waals surface area contributed by atoms with E-state index in [9.17, 15) is 0 Å². The van der Waals surface area contributed by atoms with Crippen LogP contribution in [0.2, 0.25) is 0 Å². The summed E-state index contributed by atoms with van der Waals surface area (Å²) in [4.78, 5) is 6.88. The molecular formula is C14H22N2O. The van der Waals surface area contributed by atoms with E-state index in [1.54, 1.807) is 0 Å². The Bertz CT molecular complexity index is 357. The van der Waals surface area contributed by atoms with Crippen LogP contribution in [-0.4, -0.2) is 36.1 Å². The molecule has 2 rings (SSSR count). The van der Waals surface area contributed by atoms with Crippen LogP contribution in [0, 0.1) is 0 Å². The zero-order chi connectivity index (χ0) is 12.3. The second-order valence-electron chi connectivity index (χ2n) is 5.16. The second-order valence-corrected chi connectivity index (χ2v) is 5.16. The van der Waals surface area contributed by atoms with Gasteiger partial charge in [-0.05, 0) is 52.9 Å². The summed E-state index contributed by atoms with van der Waals surface area (Å²) in [5.74, 6) is 1.55. The summed E-state index contributed by atoms with van der Waals surface area (Å²) in [7, 11) is 2.18. The predicted octanol–water partition coefficient (Wildman–Crippen LogP) is 2.68. The number of hydrogen-bond acceptors (Lipinski definition) is 3. The Morgan fingerprint density at radius 3 is 2.71 bits per heavy atom. The molecule has 1 aliphatic rings. The lowest BCUT2D eigenvalue weighted by Gasteiger charge is -2.28. The molecular weight excluding hydrogens is 212 g/mol. The Labute approximate surface area is 104 Å². The summed E-state index contributed by atoms with van der Waals surface area (Å²) in [6, 6.07) is 4.05. The van der Waals surface area contributed by atoms with E-state index in [-0.39, 0.29) is 6.10 Å². The quantitative estimate of drug-likeness (QED) is 0.804. The van der Waals surface area contributed by atoms with E-state index < -0.39 is 0 Å². The maximum atomic E-state index is 5.72. The van der Waals surface area contributed by atoms with Crippen molar-refractivity contribution >= 4 is 0 Å². The molecule has 1 fully saturated rings. The predicted molar refractivity (Wildman–Crippen MR) is 69.5 cm³/mol. The zero-order valence-corrected chi connectivity index (χ0v) is 11.0. The first-order valence-electron chi connectivity index (χ1n) is 6.46. The number of piperidine rings is 1. The van der Waals surface area contributed by atoms with E-state index in [4.69, 9.17) is 4.74 Å². The van der Waals surface area contributed by atoms with E-state index in [0.29, 0.717) is 5.92 Å². The van der Waals surface area contributed by atoms with Gasteiger partial charge in [0.15, 0.2) is 0 Å². The molecule has 0 N–H and O–H groups in total. The molecule has 94 valence electrons. The third-order valence-electron chi connectivity index (χ3n) is 3.26. The normalized spacial score (nSPS) is 18.6.